The topological polar surface area (TPSA) is 57.9 Å². The lowest BCUT2D eigenvalue weighted by atomic mass is 9.99. The lowest BCUT2D eigenvalue weighted by molar-refractivity contribution is -0.137. The fraction of sp³-hybridized carbons (Fsp3) is 0.462. The molecule has 1 aromatic rings. The van der Waals surface area contributed by atoms with Crippen molar-refractivity contribution >= 4 is 9.84 Å². The Morgan fingerprint density at radius 1 is 1.15 bits per heavy atom. The molecule has 0 aliphatic rings. The van der Waals surface area contributed by atoms with Crippen molar-refractivity contribution in [3.8, 4) is 6.07 Å². The van der Waals surface area contributed by atoms with Crippen molar-refractivity contribution in [2.75, 3.05) is 6.26 Å². The zero-order valence-corrected chi connectivity index (χ0v) is 12.4. The molecule has 0 radical (unpaired) electrons. The Morgan fingerprint density at radius 2 is 1.60 bits per heavy atom. The van der Waals surface area contributed by atoms with E-state index in [0.29, 0.717) is 6.07 Å². The third-order valence-electron chi connectivity index (χ3n) is 2.70. The molecule has 20 heavy (non-hydrogen) atoms. The molecule has 112 valence electrons. The van der Waals surface area contributed by atoms with Crippen molar-refractivity contribution in [3.05, 3.63) is 35.4 Å². The van der Waals surface area contributed by atoms with Crippen molar-refractivity contribution in [2.45, 2.75) is 31.7 Å². The molecule has 1 rings (SSSR count). The molecule has 7 heteroatoms. The summed E-state index contributed by atoms with van der Waals surface area (Å²) in [5.41, 5.74) is -1.17. The van der Waals surface area contributed by atoms with E-state index in [2.05, 4.69) is 0 Å². The Labute approximate surface area is 117 Å². The third kappa shape index (κ3) is 3.73. The van der Waals surface area contributed by atoms with Gasteiger partial charge >= 0.3 is 6.18 Å². The predicted octanol–water partition coefficient (Wildman–Crippen LogP) is 3.51. The summed E-state index contributed by atoms with van der Waals surface area (Å²) in [6.45, 7) is 5.08. The summed E-state index contributed by atoms with van der Waals surface area (Å²) in [5, 5.41) is 8.96. The molecule has 0 saturated heterocycles. The first-order chi connectivity index (χ1) is 9.02. The van der Waals surface area contributed by atoms with Gasteiger partial charge in [-0.05, 0) is 24.6 Å². The minimum absolute atomic E-state index is 0.192. The first kappa shape index (κ1) is 18.4. The van der Waals surface area contributed by atoms with Crippen LogP contribution in [0.15, 0.2) is 24.3 Å². The van der Waals surface area contributed by atoms with Crippen LogP contribution in [0.25, 0.3) is 0 Å². The number of sulfone groups is 1. The first-order valence-electron chi connectivity index (χ1n) is 5.81. The van der Waals surface area contributed by atoms with Crippen LogP contribution in [-0.4, -0.2) is 14.7 Å². The van der Waals surface area contributed by atoms with Gasteiger partial charge in [-0.2, -0.15) is 18.4 Å². The molecular formula is C13H16F3NO2S. The van der Waals surface area contributed by atoms with Crippen LogP contribution < -0.4 is 0 Å². The van der Waals surface area contributed by atoms with Crippen LogP contribution in [0.1, 0.15) is 31.9 Å². The van der Waals surface area contributed by atoms with E-state index in [-0.39, 0.29) is 5.56 Å². The zero-order valence-electron chi connectivity index (χ0n) is 11.6. The molecule has 0 fully saturated rings. The van der Waals surface area contributed by atoms with Crippen LogP contribution >= 0.6 is 0 Å². The normalized spacial score (nSPS) is 14.5. The van der Waals surface area contributed by atoms with E-state index in [0.717, 1.165) is 25.3 Å². The summed E-state index contributed by atoms with van der Waals surface area (Å²) in [4.78, 5) is 0. The van der Waals surface area contributed by atoms with Crippen molar-refractivity contribution in [2.24, 2.45) is 0 Å². The molecule has 1 aromatic carbocycles. The van der Waals surface area contributed by atoms with Gasteiger partial charge in [0.05, 0.1) is 11.6 Å². The van der Waals surface area contributed by atoms with Gasteiger partial charge in [0.1, 0.15) is 0 Å². The molecule has 1 atom stereocenters. The summed E-state index contributed by atoms with van der Waals surface area (Å²) in [5.74, 6) is 0. The fourth-order valence-electron chi connectivity index (χ4n) is 1.35. The maximum Gasteiger partial charge on any atom is 0.416 e. The van der Waals surface area contributed by atoms with Gasteiger partial charge in [0.25, 0.3) is 0 Å². The number of halogens is 3. The molecule has 0 N–H and O–H groups in total. The van der Waals surface area contributed by atoms with Gasteiger partial charge in [-0.3, -0.25) is 0 Å². The van der Waals surface area contributed by atoms with Gasteiger partial charge in [0.2, 0.25) is 0 Å². The molecule has 0 heterocycles. The first-order valence-corrected chi connectivity index (χ1v) is 7.70. The summed E-state index contributed by atoms with van der Waals surface area (Å²) in [6, 6.07) is 5.34. The second kappa shape index (κ2) is 6.27. The van der Waals surface area contributed by atoms with Crippen molar-refractivity contribution in [3.63, 3.8) is 0 Å². The van der Waals surface area contributed by atoms with Crippen molar-refractivity contribution < 1.29 is 21.6 Å². The fourth-order valence-corrected chi connectivity index (χ4v) is 2.07. The minimum Gasteiger partial charge on any atom is -0.227 e. The van der Waals surface area contributed by atoms with Gasteiger partial charge in [0.15, 0.2) is 14.6 Å². The number of rotatable bonds is 2. The molecule has 0 amide bonds. The molecule has 0 aliphatic heterocycles. The van der Waals surface area contributed by atoms with E-state index >= 15 is 0 Å². The maximum absolute atomic E-state index is 12.5. The van der Waals surface area contributed by atoms with Crippen LogP contribution in [0.5, 0.6) is 0 Å². The van der Waals surface area contributed by atoms with Crippen LogP contribution in [0, 0.1) is 11.3 Å². The van der Waals surface area contributed by atoms with E-state index in [1.807, 2.05) is 13.8 Å². The highest BCUT2D eigenvalue weighted by atomic mass is 32.2. The van der Waals surface area contributed by atoms with Gasteiger partial charge in [-0.25, -0.2) is 8.42 Å². The highest BCUT2D eigenvalue weighted by molar-refractivity contribution is 7.91. The smallest absolute Gasteiger partial charge is 0.227 e. The molecule has 0 spiro atoms. The molecule has 0 aromatic heterocycles. The highest BCUT2D eigenvalue weighted by Crippen LogP contribution is 2.34. The van der Waals surface area contributed by atoms with Crippen LogP contribution in [-0.2, 0) is 20.8 Å². The van der Waals surface area contributed by atoms with E-state index in [1.54, 1.807) is 6.07 Å². The van der Waals surface area contributed by atoms with Gasteiger partial charge in [-0.15, -0.1) is 0 Å². The Hall–Kier alpha value is -1.55. The second-order valence-electron chi connectivity index (χ2n) is 4.00. The number of nitriles is 1. The molecule has 1 unspecified atom stereocenters. The van der Waals surface area contributed by atoms with Gasteiger partial charge < -0.3 is 0 Å². The zero-order chi connectivity index (χ0) is 16.2. The van der Waals surface area contributed by atoms with E-state index in [9.17, 15) is 21.6 Å². The SMILES string of the molecule is CC.CC(C#N)(c1cccc(C(F)(F)F)c1)S(C)(=O)=O. The van der Waals surface area contributed by atoms with Gasteiger partial charge in [-0.1, -0.05) is 26.0 Å². The Morgan fingerprint density at radius 3 is 1.95 bits per heavy atom. The number of hydrogen-bond donors (Lipinski definition) is 0. The lowest BCUT2D eigenvalue weighted by Gasteiger charge is -2.21. The Kier molecular flexibility index (Phi) is 5.78. The van der Waals surface area contributed by atoms with Crippen LogP contribution in [0.4, 0.5) is 13.2 Å². The van der Waals surface area contributed by atoms with E-state index in [1.165, 1.54) is 6.07 Å². The number of benzene rings is 1. The monoisotopic (exact) mass is 307 g/mol. The molecular weight excluding hydrogens is 291 g/mol. The largest absolute Gasteiger partial charge is 0.416 e. The summed E-state index contributed by atoms with van der Waals surface area (Å²) >= 11 is 0. The molecule has 0 bridgehead atoms. The highest BCUT2D eigenvalue weighted by Gasteiger charge is 2.40. The van der Waals surface area contributed by atoms with E-state index in [4.69, 9.17) is 5.26 Å². The van der Waals surface area contributed by atoms with Crippen molar-refractivity contribution in [1.82, 2.24) is 0 Å². The number of alkyl halides is 3. The Balaban J connectivity index is 0.00000172. The van der Waals surface area contributed by atoms with Crippen LogP contribution in [0.2, 0.25) is 0 Å². The van der Waals surface area contributed by atoms with Crippen molar-refractivity contribution in [1.29, 1.82) is 5.26 Å². The number of hydrogen-bond acceptors (Lipinski definition) is 3. The Bertz CT molecular complexity index is 603. The predicted molar refractivity (Wildman–Crippen MR) is 70.6 cm³/mol. The van der Waals surface area contributed by atoms with Crippen LogP contribution in [0.3, 0.4) is 0 Å². The summed E-state index contributed by atoms with van der Waals surface area (Å²) < 4.78 is 58.7. The standard InChI is InChI=1S/C11H10F3NO2S.C2H6/c1-10(7-15,18(2,16)17)8-4-3-5-9(6-8)11(12,13)14;1-2/h3-6H,1-2H3;1-2H3. The molecule has 3 nitrogen and oxygen atoms in total. The van der Waals surface area contributed by atoms with E-state index < -0.39 is 26.3 Å². The lowest BCUT2D eigenvalue weighted by Crippen LogP contribution is -2.30. The summed E-state index contributed by atoms with van der Waals surface area (Å²) in [7, 11) is -3.86. The molecule has 0 aliphatic carbocycles. The second-order valence-corrected chi connectivity index (χ2v) is 6.36. The number of nitrogens with zero attached hydrogens (tertiary/aromatic N) is 1. The average Bonchev–Trinajstić information content (AvgIpc) is 2.38. The average molecular weight is 307 g/mol. The quantitative estimate of drug-likeness (QED) is 0.840. The summed E-state index contributed by atoms with van der Waals surface area (Å²) in [6.07, 6.45) is -3.76. The third-order valence-corrected chi connectivity index (χ3v) is 4.51. The molecule has 0 saturated carbocycles. The van der Waals surface area contributed by atoms with Gasteiger partial charge in [0, 0.05) is 6.26 Å². The minimum atomic E-state index is -4.58. The maximum atomic E-state index is 12.5.